The third kappa shape index (κ3) is 3.12. The van der Waals surface area contributed by atoms with Crippen LogP contribution in [0.25, 0.3) is 53.2 Å². The maximum Gasteiger partial charge on any atom is 0.494 e. The van der Waals surface area contributed by atoms with Crippen molar-refractivity contribution >= 4 is 66.0 Å². The van der Waals surface area contributed by atoms with Gasteiger partial charge in [0.25, 0.3) is 0 Å². The predicted octanol–water partition coefficient (Wildman–Crippen LogP) is 7.92. The van der Waals surface area contributed by atoms with E-state index in [4.69, 9.17) is 20.6 Å². The minimum atomic E-state index is -1.06. The van der Waals surface area contributed by atoms with E-state index in [9.17, 15) is 1.37 Å². The normalized spacial score (nSPS) is 19.7. The van der Waals surface area contributed by atoms with E-state index >= 15 is 0 Å². The van der Waals surface area contributed by atoms with E-state index in [1.807, 2.05) is 70.2 Å². The SMILES string of the molecule is [2H]c1c(-c2cccc3c2sc2ccccc23)c([2H])c2c(oc3c([2H])c(B4OC(C)(C)C(C)(C)O4)c([2H])c([2H])c32)c1[2H]. The van der Waals surface area contributed by atoms with Crippen molar-refractivity contribution in [1.29, 1.82) is 0 Å². The maximum absolute atomic E-state index is 9.27. The van der Waals surface area contributed by atoms with E-state index in [0.29, 0.717) is 5.56 Å². The van der Waals surface area contributed by atoms with Crippen molar-refractivity contribution in [3.05, 3.63) is 78.7 Å². The van der Waals surface area contributed by atoms with Crippen LogP contribution in [0.1, 0.15) is 35.9 Å². The molecule has 1 saturated heterocycles. The molecule has 0 amide bonds. The number of hydrogen-bond donors (Lipinski definition) is 0. The second-order valence-corrected chi connectivity index (χ2v) is 11.0. The summed E-state index contributed by atoms with van der Waals surface area (Å²) < 4.78 is 74.1. The Bertz CT molecular complexity index is 2080. The minimum absolute atomic E-state index is 0.0238. The van der Waals surface area contributed by atoms with Gasteiger partial charge >= 0.3 is 7.12 Å². The van der Waals surface area contributed by atoms with E-state index in [0.717, 1.165) is 20.2 Å². The molecule has 0 N–H and O–H groups in total. The Morgan fingerprint density at radius 1 is 0.743 bits per heavy atom. The van der Waals surface area contributed by atoms with Gasteiger partial charge in [-0.2, -0.15) is 0 Å². The van der Waals surface area contributed by atoms with Crippen molar-refractivity contribution in [3.8, 4) is 11.1 Å². The Morgan fingerprint density at radius 3 is 2.34 bits per heavy atom. The largest absolute Gasteiger partial charge is 0.494 e. The molecule has 0 unspecified atom stereocenters. The molecule has 3 nitrogen and oxygen atoms in total. The summed E-state index contributed by atoms with van der Waals surface area (Å²) in [6.45, 7) is 7.48. The molecule has 0 spiro atoms. The van der Waals surface area contributed by atoms with Gasteiger partial charge in [0.1, 0.15) is 11.2 Å². The number of benzene rings is 4. The second-order valence-electron chi connectivity index (χ2n) is 9.92. The Morgan fingerprint density at radius 2 is 1.51 bits per heavy atom. The van der Waals surface area contributed by atoms with Crippen LogP contribution in [0, 0.1) is 0 Å². The zero-order valence-corrected chi connectivity index (χ0v) is 20.6. The summed E-state index contributed by atoms with van der Waals surface area (Å²) in [6, 6.07) is 12.6. The van der Waals surface area contributed by atoms with Crippen LogP contribution in [0.3, 0.4) is 0 Å². The first-order valence-electron chi connectivity index (χ1n) is 14.6. The molecule has 35 heavy (non-hydrogen) atoms. The molecular weight excluding hydrogens is 451 g/mol. The predicted molar refractivity (Wildman–Crippen MR) is 148 cm³/mol. The van der Waals surface area contributed by atoms with Crippen LogP contribution in [0.4, 0.5) is 0 Å². The number of fused-ring (bicyclic) bond motifs is 6. The topological polar surface area (TPSA) is 31.6 Å². The summed E-state index contributed by atoms with van der Waals surface area (Å²) in [5, 5.41) is 2.34. The zero-order valence-electron chi connectivity index (χ0n) is 25.8. The second kappa shape index (κ2) is 7.20. The average Bonchev–Trinajstić information content (AvgIpc) is 3.56. The Labute approximate surface area is 216 Å². The fourth-order valence-electron chi connectivity index (χ4n) is 4.56. The highest BCUT2D eigenvalue weighted by Gasteiger charge is 2.51. The Kier molecular flexibility index (Phi) is 3.25. The van der Waals surface area contributed by atoms with E-state index in [1.165, 1.54) is 0 Å². The van der Waals surface area contributed by atoms with Crippen LogP contribution in [-0.4, -0.2) is 18.3 Å². The molecule has 0 saturated carbocycles. The van der Waals surface area contributed by atoms with Crippen LogP contribution in [0.5, 0.6) is 0 Å². The van der Waals surface area contributed by atoms with Crippen molar-refractivity contribution < 1.29 is 22.0 Å². The molecule has 0 radical (unpaired) electrons. The first kappa shape index (κ1) is 15.8. The molecule has 0 aliphatic carbocycles. The van der Waals surface area contributed by atoms with Gasteiger partial charge in [-0.3, -0.25) is 0 Å². The molecule has 1 aliphatic rings. The lowest BCUT2D eigenvalue weighted by molar-refractivity contribution is 0.00578. The highest BCUT2D eigenvalue weighted by atomic mass is 32.1. The molecule has 7 rings (SSSR count). The minimum Gasteiger partial charge on any atom is -0.456 e. The van der Waals surface area contributed by atoms with Crippen molar-refractivity contribution in [2.24, 2.45) is 0 Å². The van der Waals surface area contributed by atoms with Crippen molar-refractivity contribution in [2.75, 3.05) is 0 Å². The third-order valence-electron chi connectivity index (χ3n) is 7.19. The molecule has 0 atom stereocenters. The summed E-state index contributed by atoms with van der Waals surface area (Å²) in [4.78, 5) is 0. The standard InChI is InChI=1S/C30H25BO3S/c1-29(2)30(3,4)34-31(33-29)19-13-14-21-24-16-18(12-15-25(24)32-26(21)17-19)20-9-7-10-23-22-8-5-6-11-27(22)35-28(20)23/h5-17H,1-4H3/i12D,13D,14D,15D,16D,17D. The van der Waals surface area contributed by atoms with Crippen LogP contribution in [0.15, 0.2) is 83.1 Å². The fourth-order valence-corrected chi connectivity index (χ4v) is 5.78. The summed E-state index contributed by atoms with van der Waals surface area (Å²) in [6.07, 6.45) is 0. The van der Waals surface area contributed by atoms with Gasteiger partial charge in [-0.25, -0.2) is 0 Å². The number of rotatable bonds is 2. The van der Waals surface area contributed by atoms with Crippen molar-refractivity contribution in [3.63, 3.8) is 0 Å². The third-order valence-corrected chi connectivity index (χ3v) is 8.41. The first-order chi connectivity index (χ1) is 19.3. The van der Waals surface area contributed by atoms with E-state index in [1.54, 1.807) is 11.3 Å². The molecule has 3 heterocycles. The van der Waals surface area contributed by atoms with Gasteiger partial charge in [-0.15, -0.1) is 11.3 Å². The van der Waals surface area contributed by atoms with Gasteiger partial charge in [-0.05, 0) is 68.5 Å². The van der Waals surface area contributed by atoms with E-state index < -0.39 is 18.3 Å². The lowest BCUT2D eigenvalue weighted by Gasteiger charge is -2.32. The smallest absolute Gasteiger partial charge is 0.456 e. The molecule has 1 fully saturated rings. The lowest BCUT2D eigenvalue weighted by atomic mass is 9.79. The molecule has 6 aromatic rings. The molecule has 0 bridgehead atoms. The quantitative estimate of drug-likeness (QED) is 0.235. The summed E-state index contributed by atoms with van der Waals surface area (Å²) in [5.41, 5.74) is -0.519. The summed E-state index contributed by atoms with van der Waals surface area (Å²) >= 11 is 1.56. The monoisotopic (exact) mass is 482 g/mol. The molecule has 1 aliphatic heterocycles. The number of hydrogen-bond acceptors (Lipinski definition) is 4. The molecule has 5 heteroatoms. The van der Waals surface area contributed by atoms with Gasteiger partial charge in [0.2, 0.25) is 0 Å². The highest BCUT2D eigenvalue weighted by Crippen LogP contribution is 2.41. The highest BCUT2D eigenvalue weighted by molar-refractivity contribution is 7.26. The number of furan rings is 1. The molecule has 2 aromatic heterocycles. The van der Waals surface area contributed by atoms with E-state index in [2.05, 4.69) is 0 Å². The first-order valence-corrected chi connectivity index (χ1v) is 12.4. The Hall–Kier alpha value is -3.12. The zero-order chi connectivity index (χ0) is 29.2. The van der Waals surface area contributed by atoms with Crippen molar-refractivity contribution in [1.82, 2.24) is 0 Å². The molecular formula is C30H25BO3S. The van der Waals surface area contributed by atoms with Crippen LogP contribution < -0.4 is 5.46 Å². The summed E-state index contributed by atoms with van der Waals surface area (Å²) in [7, 11) is -1.06. The van der Waals surface area contributed by atoms with Crippen LogP contribution in [-0.2, 0) is 9.31 Å². The van der Waals surface area contributed by atoms with Gasteiger partial charge in [0.05, 0.1) is 19.4 Å². The van der Waals surface area contributed by atoms with E-state index in [-0.39, 0.29) is 69.2 Å². The van der Waals surface area contributed by atoms with Gasteiger partial charge in [-0.1, -0.05) is 54.5 Å². The molecule has 172 valence electrons. The van der Waals surface area contributed by atoms with Crippen LogP contribution in [0.2, 0.25) is 0 Å². The maximum atomic E-state index is 9.27. The molecule has 4 aromatic carbocycles. The van der Waals surface area contributed by atoms with Crippen molar-refractivity contribution in [2.45, 2.75) is 38.9 Å². The van der Waals surface area contributed by atoms with Gasteiger partial charge < -0.3 is 13.7 Å². The average molecular weight is 482 g/mol. The lowest BCUT2D eigenvalue weighted by Crippen LogP contribution is -2.41. The van der Waals surface area contributed by atoms with Crippen LogP contribution >= 0.6 is 11.3 Å². The number of thiophene rings is 1. The fraction of sp³-hybridized carbons (Fsp3) is 0.200. The van der Waals surface area contributed by atoms with Gasteiger partial charge in [0, 0.05) is 30.9 Å². The van der Waals surface area contributed by atoms with Gasteiger partial charge in [0.15, 0.2) is 0 Å². The summed E-state index contributed by atoms with van der Waals surface area (Å²) in [5.74, 6) is 0. The Balaban J connectivity index is 1.53.